The molecular formula is C46H70N4O4. The molecule has 4 rings (SSSR count). The number of imide groups is 2. The lowest BCUT2D eigenvalue weighted by Crippen LogP contribution is -2.44. The molecule has 0 unspecified atom stereocenters. The summed E-state index contributed by atoms with van der Waals surface area (Å²) in [5.41, 5.74) is 2.00. The van der Waals surface area contributed by atoms with Crippen LogP contribution in [-0.4, -0.2) is 95.6 Å². The zero-order chi connectivity index (χ0) is 38.4. The Morgan fingerprint density at radius 2 is 0.611 bits per heavy atom. The van der Waals surface area contributed by atoms with Crippen LogP contribution >= 0.6 is 0 Å². The lowest BCUT2D eigenvalue weighted by molar-refractivity contribution is 0.0606. The molecule has 2 aliphatic heterocycles. The van der Waals surface area contributed by atoms with Gasteiger partial charge in [0.05, 0.1) is 22.3 Å². The van der Waals surface area contributed by atoms with Crippen LogP contribution in [0.4, 0.5) is 0 Å². The Morgan fingerprint density at radius 3 is 0.889 bits per heavy atom. The van der Waals surface area contributed by atoms with E-state index in [9.17, 15) is 19.2 Å². The molecule has 2 aromatic carbocycles. The second-order valence-electron chi connectivity index (χ2n) is 15.7. The van der Waals surface area contributed by atoms with Crippen molar-refractivity contribution in [1.82, 2.24) is 19.6 Å². The normalized spacial score (nSPS) is 14.0. The monoisotopic (exact) mass is 743 g/mol. The molecule has 8 heteroatoms. The van der Waals surface area contributed by atoms with Gasteiger partial charge in [-0.3, -0.25) is 29.0 Å². The third kappa shape index (κ3) is 13.7. The third-order valence-electron chi connectivity index (χ3n) is 11.4. The number of hydrogen-bond acceptors (Lipinski definition) is 6. The molecule has 0 bridgehead atoms. The van der Waals surface area contributed by atoms with Crippen LogP contribution in [0, 0.1) is 0 Å². The van der Waals surface area contributed by atoms with E-state index in [-0.39, 0.29) is 23.6 Å². The zero-order valence-corrected chi connectivity index (χ0v) is 33.8. The molecule has 4 amide bonds. The van der Waals surface area contributed by atoms with Crippen molar-refractivity contribution >= 4 is 23.6 Å². The van der Waals surface area contributed by atoms with Gasteiger partial charge in [-0.2, -0.15) is 0 Å². The molecule has 0 fully saturated rings. The van der Waals surface area contributed by atoms with Crippen LogP contribution in [-0.2, 0) is 0 Å². The number of unbranched alkanes of at least 4 members (excludes halogenated alkanes) is 18. The average molecular weight is 743 g/mol. The fourth-order valence-corrected chi connectivity index (χ4v) is 7.97. The Labute approximate surface area is 327 Å². The van der Waals surface area contributed by atoms with E-state index in [1.165, 1.54) is 125 Å². The molecule has 298 valence electrons. The van der Waals surface area contributed by atoms with Crippen molar-refractivity contribution < 1.29 is 19.2 Å². The van der Waals surface area contributed by atoms with Crippen LogP contribution in [0.1, 0.15) is 184 Å². The van der Waals surface area contributed by atoms with Crippen molar-refractivity contribution in [2.45, 2.75) is 142 Å². The molecule has 2 heterocycles. The first-order chi connectivity index (χ1) is 26.5. The first-order valence-corrected chi connectivity index (χ1v) is 21.8. The van der Waals surface area contributed by atoms with E-state index in [4.69, 9.17) is 0 Å². The highest BCUT2D eigenvalue weighted by Gasteiger charge is 2.36. The summed E-state index contributed by atoms with van der Waals surface area (Å²) >= 11 is 0. The molecule has 2 aromatic rings. The minimum atomic E-state index is -0.196. The van der Waals surface area contributed by atoms with Crippen molar-refractivity contribution in [3.63, 3.8) is 0 Å². The summed E-state index contributed by atoms with van der Waals surface area (Å²) in [5, 5.41) is 0. The van der Waals surface area contributed by atoms with Crippen LogP contribution in [0.25, 0.3) is 0 Å². The summed E-state index contributed by atoms with van der Waals surface area (Å²) < 4.78 is 0. The van der Waals surface area contributed by atoms with Gasteiger partial charge in [-0.1, -0.05) is 154 Å². The summed E-state index contributed by atoms with van der Waals surface area (Å²) in [6, 6.07) is 14.3. The smallest absolute Gasteiger partial charge is 0.261 e. The fraction of sp³-hybridized carbons (Fsp3) is 0.652. The Balaban J connectivity index is 1.31. The van der Waals surface area contributed by atoms with Crippen molar-refractivity contribution in [2.75, 3.05) is 52.4 Å². The lowest BCUT2D eigenvalue weighted by atomic mass is 10.1. The van der Waals surface area contributed by atoms with Crippen LogP contribution in [0.2, 0.25) is 0 Å². The summed E-state index contributed by atoms with van der Waals surface area (Å²) in [7, 11) is 0. The van der Waals surface area contributed by atoms with Gasteiger partial charge in [0.15, 0.2) is 0 Å². The summed E-state index contributed by atoms with van der Waals surface area (Å²) in [5.74, 6) is -0.785. The molecule has 0 aromatic heterocycles. The van der Waals surface area contributed by atoms with E-state index >= 15 is 0 Å². The van der Waals surface area contributed by atoms with Crippen LogP contribution in [0.5, 0.6) is 0 Å². The molecule has 2 aliphatic rings. The summed E-state index contributed by atoms with van der Waals surface area (Å²) in [6.07, 6.45) is 25.6. The minimum Gasteiger partial charge on any atom is -0.300 e. The number of hydrogen-bond donors (Lipinski definition) is 0. The molecular weight excluding hydrogens is 673 g/mol. The quantitative estimate of drug-likeness (QED) is 0.0565. The van der Waals surface area contributed by atoms with Gasteiger partial charge in [-0.05, 0) is 50.2 Å². The van der Waals surface area contributed by atoms with E-state index in [1.54, 1.807) is 24.3 Å². The first-order valence-electron chi connectivity index (χ1n) is 21.8. The molecule has 0 spiro atoms. The molecule has 0 atom stereocenters. The van der Waals surface area contributed by atoms with Crippen LogP contribution in [0.15, 0.2) is 48.5 Å². The average Bonchev–Trinajstić information content (AvgIpc) is 3.58. The van der Waals surface area contributed by atoms with E-state index < -0.39 is 0 Å². The maximum Gasteiger partial charge on any atom is 0.261 e. The van der Waals surface area contributed by atoms with E-state index in [0.29, 0.717) is 48.4 Å². The van der Waals surface area contributed by atoms with E-state index in [2.05, 4.69) is 23.6 Å². The van der Waals surface area contributed by atoms with Crippen LogP contribution < -0.4 is 0 Å². The van der Waals surface area contributed by atoms with Crippen molar-refractivity contribution in [3.05, 3.63) is 70.8 Å². The highest BCUT2D eigenvalue weighted by atomic mass is 16.2. The second kappa shape index (κ2) is 24.9. The zero-order valence-electron chi connectivity index (χ0n) is 33.8. The molecule has 0 saturated carbocycles. The Hall–Kier alpha value is -3.36. The molecule has 0 aliphatic carbocycles. The van der Waals surface area contributed by atoms with Gasteiger partial charge in [-0.25, -0.2) is 0 Å². The molecule has 0 radical (unpaired) electrons. The number of amides is 4. The number of carbonyl (C=O) groups is 4. The predicted molar refractivity (Wildman–Crippen MR) is 220 cm³/mol. The van der Waals surface area contributed by atoms with Gasteiger partial charge in [-0.15, -0.1) is 0 Å². The fourth-order valence-electron chi connectivity index (χ4n) is 7.97. The lowest BCUT2D eigenvalue weighted by Gasteiger charge is -2.30. The Kier molecular flexibility index (Phi) is 20.0. The largest absolute Gasteiger partial charge is 0.300 e. The van der Waals surface area contributed by atoms with Gasteiger partial charge in [0.1, 0.15) is 0 Å². The van der Waals surface area contributed by atoms with E-state index in [1.807, 2.05) is 24.3 Å². The summed E-state index contributed by atoms with van der Waals surface area (Å²) in [6.45, 7) is 9.99. The molecule has 8 nitrogen and oxygen atoms in total. The van der Waals surface area contributed by atoms with Gasteiger partial charge in [0.2, 0.25) is 0 Å². The van der Waals surface area contributed by atoms with Gasteiger partial charge in [0, 0.05) is 39.3 Å². The van der Waals surface area contributed by atoms with Gasteiger partial charge >= 0.3 is 0 Å². The minimum absolute atomic E-state index is 0.196. The first kappa shape index (κ1) is 43.4. The highest BCUT2D eigenvalue weighted by Crippen LogP contribution is 2.24. The van der Waals surface area contributed by atoms with Crippen molar-refractivity contribution in [1.29, 1.82) is 0 Å². The Morgan fingerprint density at radius 1 is 0.352 bits per heavy atom. The van der Waals surface area contributed by atoms with Crippen molar-refractivity contribution in [3.8, 4) is 0 Å². The number of rotatable bonds is 31. The maximum absolute atomic E-state index is 13.2. The predicted octanol–water partition coefficient (Wildman–Crippen LogP) is 10.0. The topological polar surface area (TPSA) is 81.2 Å². The number of fused-ring (bicyclic) bond motifs is 2. The standard InChI is InChI=1S/C46H70N4O4/c1-3-5-7-9-11-13-15-17-19-25-31-47(35-37-49-43(51)39-27-21-22-28-40(39)44(49)52)33-34-48(32-26-20-18-16-14-12-10-8-6-4-2)36-38-50-45(53)41-29-23-24-30-42(41)46(50)54/h21-24,27-30H,3-20,25-26,31-38H2,1-2H3. The number of nitrogens with zero attached hydrogens (tertiary/aromatic N) is 4. The maximum atomic E-state index is 13.2. The number of carbonyl (C=O) groups excluding carboxylic acids is 4. The third-order valence-corrected chi connectivity index (χ3v) is 11.4. The van der Waals surface area contributed by atoms with Gasteiger partial charge in [0.25, 0.3) is 23.6 Å². The molecule has 0 N–H and O–H groups in total. The van der Waals surface area contributed by atoms with Crippen molar-refractivity contribution in [2.24, 2.45) is 0 Å². The Bertz CT molecular complexity index is 1270. The second-order valence-corrected chi connectivity index (χ2v) is 15.7. The van der Waals surface area contributed by atoms with Gasteiger partial charge < -0.3 is 9.80 Å². The van der Waals surface area contributed by atoms with Crippen LogP contribution in [0.3, 0.4) is 0 Å². The molecule has 0 saturated heterocycles. The van der Waals surface area contributed by atoms with E-state index in [0.717, 1.165) is 39.0 Å². The summed E-state index contributed by atoms with van der Waals surface area (Å²) in [4.78, 5) is 60.3. The number of benzene rings is 2. The SMILES string of the molecule is CCCCCCCCCCCCN(CCN(CCCCCCCCCCCC)CCN1C(=O)c2ccccc2C1=O)CCN1C(=O)c2ccccc2C1=O. The highest BCUT2D eigenvalue weighted by molar-refractivity contribution is 6.22. The molecule has 54 heavy (non-hydrogen) atoms.